The van der Waals surface area contributed by atoms with Gasteiger partial charge >= 0.3 is 5.69 Å². The quantitative estimate of drug-likeness (QED) is 0.479. The lowest BCUT2D eigenvalue weighted by Crippen LogP contribution is -2.13. The van der Waals surface area contributed by atoms with Gasteiger partial charge in [-0.25, -0.2) is 0 Å². The Labute approximate surface area is 101 Å². The van der Waals surface area contributed by atoms with Crippen molar-refractivity contribution in [2.45, 2.75) is 27.2 Å². The highest BCUT2D eigenvalue weighted by Crippen LogP contribution is 2.30. The number of nitrogens with one attached hydrogen (secondary N) is 1. The third-order valence-electron chi connectivity index (χ3n) is 2.44. The molecule has 0 aliphatic carbocycles. The fourth-order valence-electron chi connectivity index (χ4n) is 1.48. The number of nitrogens with zero attached hydrogens (tertiary/aromatic N) is 1. The van der Waals surface area contributed by atoms with Gasteiger partial charge in [0, 0.05) is 6.54 Å². The van der Waals surface area contributed by atoms with E-state index in [1.165, 1.54) is 6.07 Å². The molecule has 5 heteroatoms. The van der Waals surface area contributed by atoms with E-state index in [9.17, 15) is 10.1 Å². The number of nitro groups is 1. The maximum atomic E-state index is 10.9. The number of hydrogen-bond donors (Lipinski definition) is 2. The third kappa shape index (κ3) is 3.94. The van der Waals surface area contributed by atoms with Crippen LogP contribution in [0.15, 0.2) is 18.2 Å². The summed E-state index contributed by atoms with van der Waals surface area (Å²) in [6.45, 7) is 7.07. The molecule has 17 heavy (non-hydrogen) atoms. The van der Waals surface area contributed by atoms with Crippen molar-refractivity contribution in [3.8, 4) is 0 Å². The molecule has 0 amide bonds. The van der Waals surface area contributed by atoms with E-state index in [0.717, 1.165) is 6.42 Å². The summed E-state index contributed by atoms with van der Waals surface area (Å²) in [5.41, 5.74) is 6.43. The second-order valence-electron chi connectivity index (χ2n) is 5.24. The summed E-state index contributed by atoms with van der Waals surface area (Å²) in [6, 6.07) is 4.92. The van der Waals surface area contributed by atoms with Crippen molar-refractivity contribution in [2.24, 2.45) is 5.41 Å². The molecule has 0 saturated carbocycles. The molecule has 0 aliphatic heterocycles. The summed E-state index contributed by atoms with van der Waals surface area (Å²) < 4.78 is 0. The van der Waals surface area contributed by atoms with E-state index >= 15 is 0 Å². The Hall–Kier alpha value is -1.78. The van der Waals surface area contributed by atoms with Gasteiger partial charge in [0.15, 0.2) is 0 Å². The smallest absolute Gasteiger partial charge is 0.314 e. The molecule has 1 aromatic carbocycles. The largest absolute Gasteiger partial charge is 0.393 e. The molecule has 0 fully saturated rings. The summed E-state index contributed by atoms with van der Waals surface area (Å²) in [7, 11) is 0. The van der Waals surface area contributed by atoms with E-state index in [1.54, 1.807) is 12.1 Å². The summed E-state index contributed by atoms with van der Waals surface area (Å²) in [5.74, 6) is 0. The molecule has 0 unspecified atom stereocenters. The maximum Gasteiger partial charge on any atom is 0.314 e. The predicted octanol–water partition coefficient (Wildman–Crippen LogP) is 3.03. The average molecular weight is 237 g/mol. The summed E-state index contributed by atoms with van der Waals surface area (Å²) in [6.07, 6.45) is 0.930. The lowest BCUT2D eigenvalue weighted by molar-refractivity contribution is -0.383. The molecule has 0 bridgehead atoms. The summed E-state index contributed by atoms with van der Waals surface area (Å²) in [5, 5.41) is 14.0. The van der Waals surface area contributed by atoms with Crippen molar-refractivity contribution >= 4 is 17.1 Å². The SMILES string of the molecule is CC(C)(C)CCNc1cccc(N)c1[N+](=O)[O-]. The Kier molecular flexibility index (Phi) is 3.93. The molecule has 0 saturated heterocycles. The average Bonchev–Trinajstić information content (AvgIpc) is 2.14. The lowest BCUT2D eigenvalue weighted by atomic mass is 9.92. The van der Waals surface area contributed by atoms with E-state index in [-0.39, 0.29) is 16.8 Å². The van der Waals surface area contributed by atoms with E-state index in [4.69, 9.17) is 5.73 Å². The fraction of sp³-hybridized carbons (Fsp3) is 0.500. The Morgan fingerprint density at radius 1 is 1.41 bits per heavy atom. The number of nitro benzene ring substituents is 1. The molecule has 0 heterocycles. The fourth-order valence-corrected chi connectivity index (χ4v) is 1.48. The van der Waals surface area contributed by atoms with Crippen LogP contribution in [0.1, 0.15) is 27.2 Å². The van der Waals surface area contributed by atoms with Crippen LogP contribution in [-0.4, -0.2) is 11.5 Å². The summed E-state index contributed by atoms with van der Waals surface area (Å²) in [4.78, 5) is 10.4. The number of hydrogen-bond acceptors (Lipinski definition) is 4. The second-order valence-corrected chi connectivity index (χ2v) is 5.24. The van der Waals surface area contributed by atoms with Gasteiger partial charge in [-0.05, 0) is 24.0 Å². The van der Waals surface area contributed by atoms with Gasteiger partial charge in [0.2, 0.25) is 0 Å². The number of anilines is 2. The standard InChI is InChI=1S/C12H19N3O2/c1-12(2,3)7-8-14-10-6-4-5-9(13)11(10)15(16)17/h4-6,14H,7-8,13H2,1-3H3. The molecule has 0 spiro atoms. The zero-order chi connectivity index (χ0) is 13.1. The number of nitrogen functional groups attached to an aromatic ring is 1. The molecule has 0 aliphatic rings. The van der Waals surface area contributed by atoms with Gasteiger partial charge in [0.1, 0.15) is 11.4 Å². The molecule has 0 radical (unpaired) electrons. The first-order valence-electron chi connectivity index (χ1n) is 5.58. The molecule has 94 valence electrons. The highest BCUT2D eigenvalue weighted by atomic mass is 16.6. The van der Waals surface area contributed by atoms with Crippen LogP contribution < -0.4 is 11.1 Å². The van der Waals surface area contributed by atoms with Crippen molar-refractivity contribution in [1.82, 2.24) is 0 Å². The van der Waals surface area contributed by atoms with Crippen LogP contribution in [0, 0.1) is 15.5 Å². The van der Waals surface area contributed by atoms with Gasteiger partial charge in [-0.3, -0.25) is 10.1 Å². The molecular formula is C12H19N3O2. The first-order valence-corrected chi connectivity index (χ1v) is 5.58. The normalized spacial score (nSPS) is 11.2. The molecule has 1 aromatic rings. The van der Waals surface area contributed by atoms with Crippen LogP contribution in [0.25, 0.3) is 0 Å². The zero-order valence-electron chi connectivity index (χ0n) is 10.5. The number of rotatable bonds is 4. The van der Waals surface area contributed by atoms with Crippen LogP contribution in [0.2, 0.25) is 0 Å². The monoisotopic (exact) mass is 237 g/mol. The van der Waals surface area contributed by atoms with Gasteiger partial charge in [0.05, 0.1) is 4.92 Å². The van der Waals surface area contributed by atoms with E-state index in [2.05, 4.69) is 26.1 Å². The molecule has 3 N–H and O–H groups in total. The minimum Gasteiger partial charge on any atom is -0.393 e. The Morgan fingerprint density at radius 2 is 2.06 bits per heavy atom. The first kappa shape index (κ1) is 13.3. The zero-order valence-corrected chi connectivity index (χ0v) is 10.5. The van der Waals surface area contributed by atoms with Crippen LogP contribution >= 0.6 is 0 Å². The highest BCUT2D eigenvalue weighted by molar-refractivity contribution is 5.74. The number of para-hydroxylation sites is 1. The molecular weight excluding hydrogens is 218 g/mol. The van der Waals surface area contributed by atoms with Crippen molar-refractivity contribution in [1.29, 1.82) is 0 Å². The van der Waals surface area contributed by atoms with Crippen molar-refractivity contribution < 1.29 is 4.92 Å². The Bertz CT molecular complexity index is 411. The number of nitrogens with two attached hydrogens (primary N) is 1. The second kappa shape index (κ2) is 5.03. The van der Waals surface area contributed by atoms with E-state index < -0.39 is 4.92 Å². The van der Waals surface area contributed by atoms with Crippen LogP contribution in [0.3, 0.4) is 0 Å². The van der Waals surface area contributed by atoms with Crippen LogP contribution in [0.4, 0.5) is 17.1 Å². The van der Waals surface area contributed by atoms with E-state index in [0.29, 0.717) is 12.2 Å². The predicted molar refractivity (Wildman–Crippen MR) is 70.1 cm³/mol. The van der Waals surface area contributed by atoms with Gasteiger partial charge in [0.25, 0.3) is 0 Å². The summed E-state index contributed by atoms with van der Waals surface area (Å²) >= 11 is 0. The Balaban J connectivity index is 2.78. The first-order chi connectivity index (χ1) is 7.81. The van der Waals surface area contributed by atoms with Gasteiger partial charge in [-0.1, -0.05) is 26.8 Å². The van der Waals surface area contributed by atoms with Crippen molar-refractivity contribution in [2.75, 3.05) is 17.6 Å². The van der Waals surface area contributed by atoms with Crippen LogP contribution in [0.5, 0.6) is 0 Å². The van der Waals surface area contributed by atoms with Crippen molar-refractivity contribution in [3.63, 3.8) is 0 Å². The van der Waals surface area contributed by atoms with Gasteiger partial charge in [-0.2, -0.15) is 0 Å². The van der Waals surface area contributed by atoms with Gasteiger partial charge in [-0.15, -0.1) is 0 Å². The van der Waals surface area contributed by atoms with Gasteiger partial charge < -0.3 is 11.1 Å². The molecule has 0 aromatic heterocycles. The minimum absolute atomic E-state index is 0.0404. The maximum absolute atomic E-state index is 10.9. The molecule has 5 nitrogen and oxygen atoms in total. The highest BCUT2D eigenvalue weighted by Gasteiger charge is 2.18. The number of benzene rings is 1. The van der Waals surface area contributed by atoms with Crippen molar-refractivity contribution in [3.05, 3.63) is 28.3 Å². The van der Waals surface area contributed by atoms with Crippen LogP contribution in [-0.2, 0) is 0 Å². The minimum atomic E-state index is -0.450. The van der Waals surface area contributed by atoms with E-state index in [1.807, 2.05) is 0 Å². The lowest BCUT2D eigenvalue weighted by Gasteiger charge is -2.18. The third-order valence-corrected chi connectivity index (χ3v) is 2.44. The molecule has 0 atom stereocenters. The topological polar surface area (TPSA) is 81.2 Å². The molecule has 1 rings (SSSR count). The Morgan fingerprint density at radius 3 is 2.59 bits per heavy atom.